The van der Waals surface area contributed by atoms with E-state index in [1.807, 2.05) is 0 Å². The molecule has 0 aliphatic heterocycles. The van der Waals surface area contributed by atoms with E-state index in [4.69, 9.17) is 0 Å². The van der Waals surface area contributed by atoms with Crippen molar-refractivity contribution < 1.29 is 42.2 Å². The largest absolute Gasteiger partial charge is 1.00 e. The third kappa shape index (κ3) is 3.47. The van der Waals surface area contributed by atoms with Crippen LogP contribution in [0.15, 0.2) is 42.7 Å². The van der Waals surface area contributed by atoms with Crippen molar-refractivity contribution in [2.24, 2.45) is 5.92 Å². The van der Waals surface area contributed by atoms with Crippen LogP contribution >= 0.6 is 0 Å². The van der Waals surface area contributed by atoms with Crippen molar-refractivity contribution in [2.45, 2.75) is 48.0 Å². The molecule has 0 fully saturated rings. The molecule has 0 spiro atoms. The van der Waals surface area contributed by atoms with Gasteiger partial charge >= 0.3 is 118 Å². The Balaban J connectivity index is 0.00000180. The first-order valence-electron chi connectivity index (χ1n) is 6.87. The summed E-state index contributed by atoms with van der Waals surface area (Å²) in [6.45, 7) is 14.1. The number of hydrogen-bond donors (Lipinski definition) is 0. The maximum atomic E-state index is 2.41. The third-order valence-electron chi connectivity index (χ3n) is 4.50. The van der Waals surface area contributed by atoms with Gasteiger partial charge in [-0.3, -0.25) is 0 Å². The summed E-state index contributed by atoms with van der Waals surface area (Å²) in [5.74, 6) is 0.677. The van der Waals surface area contributed by atoms with Gasteiger partial charge in [-0.1, -0.05) is 0 Å². The maximum Gasteiger partial charge on any atom is -1.00 e. The topological polar surface area (TPSA) is 0 Å². The van der Waals surface area contributed by atoms with Crippen LogP contribution in [0.2, 0.25) is 0 Å². The predicted octanol–water partition coefficient (Wildman–Crippen LogP) is -1.07. The molecule has 20 heavy (non-hydrogen) atoms. The first-order chi connectivity index (χ1) is 8.45. The molecule has 0 aromatic heterocycles. The Morgan fingerprint density at radius 2 is 1.70 bits per heavy atom. The van der Waals surface area contributed by atoms with Crippen molar-refractivity contribution >= 4 is 3.81 Å². The molecule has 0 radical (unpaired) electrons. The van der Waals surface area contributed by atoms with Crippen LogP contribution in [0.25, 0.3) is 0 Å². The van der Waals surface area contributed by atoms with E-state index in [9.17, 15) is 0 Å². The Labute approximate surface area is 142 Å². The third-order valence-corrected chi connectivity index (χ3v) is 9.75. The summed E-state index contributed by atoms with van der Waals surface area (Å²) in [5, 5.41) is 0. The molecule has 0 amide bonds. The molecule has 0 aromatic carbocycles. The van der Waals surface area contributed by atoms with Gasteiger partial charge in [-0.05, 0) is 0 Å². The Bertz CT molecular complexity index is 541. The van der Waals surface area contributed by atoms with Crippen LogP contribution in [0.3, 0.4) is 0 Å². The number of hydrogen-bond acceptors (Lipinski definition) is 0. The van der Waals surface area contributed by atoms with E-state index in [1.165, 1.54) is 6.42 Å². The molecule has 0 saturated heterocycles. The van der Waals surface area contributed by atoms with Crippen LogP contribution in [0, 0.1) is 5.92 Å². The molecule has 1 atom stereocenters. The van der Waals surface area contributed by atoms with E-state index in [0.717, 1.165) is 0 Å². The van der Waals surface area contributed by atoms with Crippen LogP contribution in [0.4, 0.5) is 0 Å². The van der Waals surface area contributed by atoms with E-state index in [-0.39, 0.29) is 24.8 Å². The van der Waals surface area contributed by atoms with Crippen LogP contribution in [-0.4, -0.2) is 3.81 Å². The Morgan fingerprint density at radius 1 is 1.10 bits per heavy atom. The van der Waals surface area contributed by atoms with Gasteiger partial charge in [-0.15, -0.1) is 0 Å². The summed E-state index contributed by atoms with van der Waals surface area (Å²) in [4.78, 5) is 0. The average molecular weight is 347 g/mol. The molecule has 3 heteroatoms. The van der Waals surface area contributed by atoms with E-state index in [0.29, 0.717) is 5.92 Å². The van der Waals surface area contributed by atoms with Crippen molar-refractivity contribution in [1.29, 1.82) is 0 Å². The normalized spacial score (nSPS) is 20.2. The van der Waals surface area contributed by atoms with Crippen LogP contribution in [-0.2, 0) is 17.4 Å². The molecule has 0 N–H and O–H groups in total. The molecule has 2 aliphatic carbocycles. The second kappa shape index (κ2) is 7.94. The SMILES string of the molecule is CC1=C(C)C(C)[C]([Ti+2]([C]2=CC=CC2)=[C](C)C)=C1C.[Cl-].[Cl-]. The molecule has 0 aromatic rings. The summed E-state index contributed by atoms with van der Waals surface area (Å²) in [5.41, 5.74) is 4.75. The molecule has 0 bridgehead atoms. The molecule has 2 aliphatic rings. The average Bonchev–Trinajstić information content (AvgIpc) is 2.89. The molecule has 0 heterocycles. The van der Waals surface area contributed by atoms with E-state index < -0.39 is 17.4 Å². The van der Waals surface area contributed by atoms with Gasteiger partial charge < -0.3 is 24.8 Å². The summed E-state index contributed by atoms with van der Waals surface area (Å²) < 4.78 is 5.23. The number of halogens is 2. The van der Waals surface area contributed by atoms with Crippen LogP contribution in [0.1, 0.15) is 48.0 Å². The van der Waals surface area contributed by atoms with Crippen molar-refractivity contribution in [2.75, 3.05) is 0 Å². The van der Waals surface area contributed by atoms with Gasteiger partial charge in [0.1, 0.15) is 0 Å². The zero-order valence-corrected chi connectivity index (χ0v) is 16.3. The van der Waals surface area contributed by atoms with E-state index in [1.54, 1.807) is 28.3 Å². The van der Waals surface area contributed by atoms with Gasteiger partial charge in [0, 0.05) is 0 Å². The first kappa shape index (κ1) is 20.1. The van der Waals surface area contributed by atoms with E-state index in [2.05, 4.69) is 59.8 Å². The Kier molecular flexibility index (Phi) is 7.99. The van der Waals surface area contributed by atoms with Crippen LogP contribution < -0.4 is 24.8 Å². The van der Waals surface area contributed by atoms with Gasteiger partial charge in [-0.2, -0.15) is 0 Å². The van der Waals surface area contributed by atoms with Crippen molar-refractivity contribution in [3.63, 3.8) is 0 Å². The predicted molar refractivity (Wildman–Crippen MR) is 78.4 cm³/mol. The Morgan fingerprint density at radius 3 is 2.05 bits per heavy atom. The zero-order valence-electron chi connectivity index (χ0n) is 13.3. The molecule has 110 valence electrons. The van der Waals surface area contributed by atoms with Crippen molar-refractivity contribution in [1.82, 2.24) is 0 Å². The van der Waals surface area contributed by atoms with Gasteiger partial charge in [-0.25, -0.2) is 0 Å². The van der Waals surface area contributed by atoms with Crippen molar-refractivity contribution in [3.8, 4) is 0 Å². The molecule has 0 nitrogen and oxygen atoms in total. The standard InChI is InChI=1S/C9H13.C5H5.C3H6.2ClH.Ti/c1-6-5-7(2)9(4)8(6)3;1-2-4-5-3-1;1-3-2;;;/h6H,1-4H3;1-3H,4H2;1-2H3;2*1H;/q;;;;;+2/p-2. The minimum absolute atomic E-state index is 0. The quantitative estimate of drug-likeness (QED) is 0.558. The smallest absolute Gasteiger partial charge is 1.00 e. The monoisotopic (exact) mass is 346 g/mol. The molecule has 2 rings (SSSR count). The summed E-state index contributed by atoms with van der Waals surface area (Å²) >= 11 is -1.37. The van der Waals surface area contributed by atoms with Gasteiger partial charge in [0.25, 0.3) is 0 Å². The summed E-state index contributed by atoms with van der Waals surface area (Å²) in [6, 6.07) is 0. The van der Waals surface area contributed by atoms with Crippen molar-refractivity contribution in [3.05, 3.63) is 42.7 Å². The Hall–Kier alpha value is 0.124. The number of allylic oxidation sites excluding steroid dienone is 8. The van der Waals surface area contributed by atoms with Crippen LogP contribution in [0.5, 0.6) is 0 Å². The minimum Gasteiger partial charge on any atom is -1.00 e. The molecule has 0 saturated carbocycles. The molecule has 1 unspecified atom stereocenters. The maximum absolute atomic E-state index is 2.41. The van der Waals surface area contributed by atoms with E-state index >= 15 is 0 Å². The van der Waals surface area contributed by atoms with Gasteiger partial charge in [0.2, 0.25) is 0 Å². The fourth-order valence-electron chi connectivity index (χ4n) is 3.16. The second-order valence-electron chi connectivity index (χ2n) is 5.77. The fraction of sp³-hybridized carbons (Fsp3) is 0.471. The van der Waals surface area contributed by atoms with Gasteiger partial charge in [0.15, 0.2) is 0 Å². The zero-order chi connectivity index (χ0) is 13.4. The molecular weight excluding hydrogens is 323 g/mol. The fourth-order valence-corrected chi connectivity index (χ4v) is 8.35. The molecular formula is C17H24Cl2Ti. The summed E-state index contributed by atoms with van der Waals surface area (Å²) in [6.07, 6.45) is 8.14. The first-order valence-corrected chi connectivity index (χ1v) is 9.21. The number of rotatable bonds is 2. The second-order valence-corrected chi connectivity index (χ2v) is 10.3. The summed E-state index contributed by atoms with van der Waals surface area (Å²) in [7, 11) is 0. The van der Waals surface area contributed by atoms with Gasteiger partial charge in [0.05, 0.1) is 0 Å². The minimum atomic E-state index is -1.37.